The summed E-state index contributed by atoms with van der Waals surface area (Å²) in [4.78, 5) is 24.6. The average molecular weight is 357 g/mol. The summed E-state index contributed by atoms with van der Waals surface area (Å²) in [6.07, 6.45) is 4.27. The number of amides is 1. The van der Waals surface area contributed by atoms with Gasteiger partial charge < -0.3 is 19.1 Å². The van der Waals surface area contributed by atoms with Gasteiger partial charge in [0.05, 0.1) is 13.2 Å². The molecule has 4 heterocycles. The van der Waals surface area contributed by atoms with Gasteiger partial charge in [-0.2, -0.15) is 4.98 Å². The summed E-state index contributed by atoms with van der Waals surface area (Å²) in [7, 11) is 0. The second-order valence-corrected chi connectivity index (χ2v) is 7.45. The average Bonchev–Trinajstić information content (AvgIpc) is 3.17. The molecular formula is C18H23N5O3. The Bertz CT molecular complexity index is 805. The Morgan fingerprint density at radius 1 is 1.35 bits per heavy atom. The highest BCUT2D eigenvalue weighted by atomic mass is 16.5. The van der Waals surface area contributed by atoms with Crippen LogP contribution in [0.1, 0.15) is 52.6 Å². The zero-order chi connectivity index (χ0) is 17.7. The number of H-pyrrole nitrogens is 1. The van der Waals surface area contributed by atoms with Crippen LogP contribution in [-0.2, 0) is 4.74 Å². The van der Waals surface area contributed by atoms with Crippen LogP contribution in [0.5, 0.6) is 0 Å². The van der Waals surface area contributed by atoms with Crippen molar-refractivity contribution in [1.29, 1.82) is 0 Å². The summed E-state index contributed by atoms with van der Waals surface area (Å²) >= 11 is 0. The van der Waals surface area contributed by atoms with Crippen LogP contribution in [0.3, 0.4) is 0 Å². The zero-order valence-electron chi connectivity index (χ0n) is 14.9. The Hall–Kier alpha value is -2.19. The van der Waals surface area contributed by atoms with Crippen LogP contribution in [0.15, 0.2) is 16.8 Å². The quantitative estimate of drug-likeness (QED) is 0.892. The molecule has 2 aromatic rings. The smallest absolute Gasteiger partial charge is 0.270 e. The van der Waals surface area contributed by atoms with E-state index in [0.29, 0.717) is 36.9 Å². The van der Waals surface area contributed by atoms with Crippen LogP contribution in [0.25, 0.3) is 0 Å². The minimum Gasteiger partial charge on any atom is -0.378 e. The van der Waals surface area contributed by atoms with E-state index in [1.165, 1.54) is 18.4 Å². The van der Waals surface area contributed by atoms with Gasteiger partial charge in [0.1, 0.15) is 11.7 Å². The molecule has 2 saturated heterocycles. The number of morpholine rings is 1. The number of carbonyl (C=O) groups excluding carboxylic acids is 1. The van der Waals surface area contributed by atoms with Gasteiger partial charge in [0.15, 0.2) is 5.82 Å². The Labute approximate surface area is 151 Å². The molecule has 2 aliphatic heterocycles. The maximum absolute atomic E-state index is 12.8. The largest absolute Gasteiger partial charge is 0.378 e. The molecule has 0 aromatic carbocycles. The maximum atomic E-state index is 12.8. The highest BCUT2D eigenvalue weighted by Gasteiger charge is 2.42. The van der Waals surface area contributed by atoms with Crippen LogP contribution in [-0.4, -0.2) is 69.7 Å². The van der Waals surface area contributed by atoms with Gasteiger partial charge in [0, 0.05) is 31.9 Å². The molecule has 3 aliphatic rings. The number of ether oxygens (including phenoxy) is 1. The Morgan fingerprint density at radius 3 is 2.92 bits per heavy atom. The number of hydrogen-bond donors (Lipinski definition) is 1. The minimum atomic E-state index is -0.0280. The van der Waals surface area contributed by atoms with E-state index in [0.717, 1.165) is 25.3 Å². The first-order chi connectivity index (χ1) is 12.7. The summed E-state index contributed by atoms with van der Waals surface area (Å²) in [5, 5.41) is 3.90. The lowest BCUT2D eigenvalue weighted by molar-refractivity contribution is -0.0713. The van der Waals surface area contributed by atoms with Crippen molar-refractivity contribution < 1.29 is 14.1 Å². The number of nitrogens with zero attached hydrogens (tertiary/aromatic N) is 4. The predicted octanol–water partition coefficient (Wildman–Crippen LogP) is 1.48. The summed E-state index contributed by atoms with van der Waals surface area (Å²) in [5.74, 6) is 1.93. The monoisotopic (exact) mass is 357 g/mol. The molecule has 3 fully saturated rings. The fourth-order valence-electron chi connectivity index (χ4n) is 4.01. The molecule has 1 saturated carbocycles. The number of aromatic nitrogens is 3. The molecular weight excluding hydrogens is 334 g/mol. The maximum Gasteiger partial charge on any atom is 0.270 e. The van der Waals surface area contributed by atoms with E-state index in [9.17, 15) is 4.79 Å². The summed E-state index contributed by atoms with van der Waals surface area (Å²) in [5.41, 5.74) is 1.96. The van der Waals surface area contributed by atoms with Crippen LogP contribution in [0.2, 0.25) is 0 Å². The van der Waals surface area contributed by atoms with Crippen LogP contribution >= 0.6 is 0 Å². The van der Waals surface area contributed by atoms with Crippen LogP contribution in [0, 0.1) is 6.92 Å². The molecule has 1 unspecified atom stereocenters. The van der Waals surface area contributed by atoms with Gasteiger partial charge in [-0.25, -0.2) is 0 Å². The molecule has 2 aromatic heterocycles. The minimum absolute atomic E-state index is 0.0280. The first-order valence-corrected chi connectivity index (χ1v) is 9.31. The van der Waals surface area contributed by atoms with Gasteiger partial charge >= 0.3 is 0 Å². The molecule has 0 radical (unpaired) electrons. The van der Waals surface area contributed by atoms with Crippen molar-refractivity contribution in [2.45, 2.75) is 37.8 Å². The lowest BCUT2D eigenvalue weighted by atomic mass is 10.0. The molecule has 8 heteroatoms. The summed E-state index contributed by atoms with van der Waals surface area (Å²) in [6, 6.07) is 2.33. The summed E-state index contributed by atoms with van der Waals surface area (Å²) < 4.78 is 11.0. The highest BCUT2D eigenvalue weighted by molar-refractivity contribution is 5.94. The fourth-order valence-corrected chi connectivity index (χ4v) is 4.01. The highest BCUT2D eigenvalue weighted by Crippen LogP contribution is 2.42. The topological polar surface area (TPSA) is 87.5 Å². The van der Waals surface area contributed by atoms with Crippen molar-refractivity contribution in [1.82, 2.24) is 24.9 Å². The number of likely N-dealkylation sites (tertiary alicyclic amines) is 1. The predicted molar refractivity (Wildman–Crippen MR) is 91.8 cm³/mol. The van der Waals surface area contributed by atoms with E-state index in [4.69, 9.17) is 9.26 Å². The Morgan fingerprint density at radius 2 is 2.19 bits per heavy atom. The van der Waals surface area contributed by atoms with Gasteiger partial charge in [-0.15, -0.1) is 0 Å². The lowest BCUT2D eigenvalue weighted by Crippen LogP contribution is -2.63. The van der Waals surface area contributed by atoms with E-state index < -0.39 is 0 Å². The zero-order valence-corrected chi connectivity index (χ0v) is 14.9. The van der Waals surface area contributed by atoms with Gasteiger partial charge in [0.25, 0.3) is 5.91 Å². The first-order valence-electron chi connectivity index (χ1n) is 9.31. The number of hydrogen-bond acceptors (Lipinski definition) is 6. The molecule has 26 heavy (non-hydrogen) atoms. The van der Waals surface area contributed by atoms with Gasteiger partial charge in [-0.1, -0.05) is 5.16 Å². The third kappa shape index (κ3) is 2.73. The second-order valence-electron chi connectivity index (χ2n) is 7.45. The number of aromatic amines is 1. The first kappa shape index (κ1) is 16.0. The number of nitrogens with one attached hydrogen (secondary N) is 1. The van der Waals surface area contributed by atoms with E-state index in [2.05, 4.69) is 26.1 Å². The standard InChI is InChI=1S/C18H23N5O3/c1-11-20-17(26-21-11)15-10-25-7-6-23(15)13-8-22(9-13)18(24)16-14(4-5-19-16)12-2-3-12/h4-5,12-13,15,19H,2-3,6-10H2,1H3. The molecule has 138 valence electrons. The van der Waals surface area contributed by atoms with E-state index in [1.54, 1.807) is 0 Å². The molecule has 5 rings (SSSR count). The molecule has 1 atom stereocenters. The van der Waals surface area contributed by atoms with Gasteiger partial charge in [-0.3, -0.25) is 9.69 Å². The molecule has 0 bridgehead atoms. The van der Waals surface area contributed by atoms with Crippen molar-refractivity contribution in [2.75, 3.05) is 32.8 Å². The molecule has 0 spiro atoms. The number of carbonyl (C=O) groups is 1. The molecule has 1 N–H and O–H groups in total. The van der Waals surface area contributed by atoms with Crippen LogP contribution < -0.4 is 0 Å². The van der Waals surface area contributed by atoms with E-state index in [-0.39, 0.29) is 11.9 Å². The van der Waals surface area contributed by atoms with Crippen molar-refractivity contribution in [3.63, 3.8) is 0 Å². The summed E-state index contributed by atoms with van der Waals surface area (Å²) in [6.45, 7) is 5.33. The molecule has 8 nitrogen and oxygen atoms in total. The van der Waals surface area contributed by atoms with Gasteiger partial charge in [-0.05, 0) is 37.3 Å². The molecule has 1 amide bonds. The lowest BCUT2D eigenvalue weighted by Gasteiger charge is -2.48. The van der Waals surface area contributed by atoms with Crippen molar-refractivity contribution >= 4 is 5.91 Å². The number of rotatable bonds is 4. The van der Waals surface area contributed by atoms with Crippen molar-refractivity contribution in [3.8, 4) is 0 Å². The fraction of sp³-hybridized carbons (Fsp3) is 0.611. The normalized spacial score (nSPS) is 24.7. The SMILES string of the molecule is Cc1noc(C2COCCN2C2CN(C(=O)c3[nH]ccc3C3CC3)C2)n1. The second kappa shape index (κ2) is 6.21. The number of aryl methyl sites for hydroxylation is 1. The van der Waals surface area contributed by atoms with Gasteiger partial charge in [0.2, 0.25) is 5.89 Å². The molecule has 1 aliphatic carbocycles. The van der Waals surface area contributed by atoms with E-state index >= 15 is 0 Å². The Balaban J connectivity index is 1.26. The Kier molecular flexibility index (Phi) is 3.82. The van der Waals surface area contributed by atoms with Crippen molar-refractivity contribution in [3.05, 3.63) is 35.2 Å². The van der Waals surface area contributed by atoms with Crippen molar-refractivity contribution in [2.24, 2.45) is 0 Å². The third-order valence-corrected chi connectivity index (χ3v) is 5.63. The van der Waals surface area contributed by atoms with E-state index in [1.807, 2.05) is 18.0 Å². The third-order valence-electron chi connectivity index (χ3n) is 5.63. The van der Waals surface area contributed by atoms with Crippen LogP contribution in [0.4, 0.5) is 0 Å².